The van der Waals surface area contributed by atoms with Gasteiger partial charge in [0.2, 0.25) is 0 Å². The van der Waals surface area contributed by atoms with Crippen molar-refractivity contribution in [2.24, 2.45) is 0 Å². The second-order valence-electron chi connectivity index (χ2n) is 7.23. The molecule has 0 spiro atoms. The normalized spacial score (nSPS) is 23.3. The molecule has 1 fully saturated rings. The molecule has 130 valence electrons. The Morgan fingerprint density at radius 3 is 2.48 bits per heavy atom. The van der Waals surface area contributed by atoms with Crippen LogP contribution in [-0.2, 0) is 0 Å². The van der Waals surface area contributed by atoms with E-state index in [0.717, 1.165) is 25.1 Å². The lowest BCUT2D eigenvalue weighted by molar-refractivity contribution is -0.0237. The Kier molecular flexibility index (Phi) is 5.47. The Morgan fingerprint density at radius 2 is 2.00 bits per heavy atom. The summed E-state index contributed by atoms with van der Waals surface area (Å²) in [6.07, 6.45) is 3.48. The van der Waals surface area contributed by atoms with Crippen LogP contribution in [0.2, 0.25) is 0 Å². The zero-order valence-electron chi connectivity index (χ0n) is 15.0. The molecule has 0 aliphatic carbocycles. The average Bonchev–Trinajstić information content (AvgIpc) is 2.90. The number of nitrogens with zero attached hydrogens (tertiary/aromatic N) is 3. The minimum Gasteiger partial charge on any atom is -0.389 e. The SMILES string of the molecule is CC[C@H]1CN(C(=O)c2cn[nH]c2C)[C@H](CC)CN1CC(C)(C)O. The lowest BCUT2D eigenvalue weighted by Gasteiger charge is -2.47. The van der Waals surface area contributed by atoms with Gasteiger partial charge in [0.1, 0.15) is 0 Å². The van der Waals surface area contributed by atoms with Gasteiger partial charge in [-0.2, -0.15) is 5.10 Å². The van der Waals surface area contributed by atoms with Gasteiger partial charge in [-0.15, -0.1) is 0 Å². The first kappa shape index (κ1) is 17.9. The predicted molar refractivity (Wildman–Crippen MR) is 90.4 cm³/mol. The monoisotopic (exact) mass is 322 g/mol. The van der Waals surface area contributed by atoms with Crippen molar-refractivity contribution in [2.45, 2.75) is 65.1 Å². The Bertz CT molecular complexity index is 535. The summed E-state index contributed by atoms with van der Waals surface area (Å²) in [5.74, 6) is 0.0597. The molecule has 23 heavy (non-hydrogen) atoms. The number of carbonyl (C=O) groups is 1. The Hall–Kier alpha value is -1.40. The van der Waals surface area contributed by atoms with Crippen LogP contribution in [0.25, 0.3) is 0 Å². The summed E-state index contributed by atoms with van der Waals surface area (Å²) in [6, 6.07) is 0.447. The van der Waals surface area contributed by atoms with E-state index < -0.39 is 5.60 Å². The van der Waals surface area contributed by atoms with E-state index in [1.807, 2.05) is 25.7 Å². The highest BCUT2D eigenvalue weighted by Crippen LogP contribution is 2.24. The van der Waals surface area contributed by atoms with Gasteiger partial charge in [0.05, 0.1) is 17.4 Å². The fraction of sp³-hybridized carbons (Fsp3) is 0.765. The van der Waals surface area contributed by atoms with E-state index in [2.05, 4.69) is 28.9 Å². The van der Waals surface area contributed by atoms with Crippen molar-refractivity contribution in [2.75, 3.05) is 19.6 Å². The number of aliphatic hydroxyl groups is 1. The number of hydrogen-bond donors (Lipinski definition) is 2. The van der Waals surface area contributed by atoms with Gasteiger partial charge in [0.15, 0.2) is 0 Å². The lowest BCUT2D eigenvalue weighted by Crippen LogP contribution is -2.61. The van der Waals surface area contributed by atoms with Crippen LogP contribution in [0.15, 0.2) is 6.20 Å². The largest absolute Gasteiger partial charge is 0.389 e. The highest BCUT2D eigenvalue weighted by molar-refractivity contribution is 5.95. The highest BCUT2D eigenvalue weighted by Gasteiger charge is 2.37. The number of amides is 1. The van der Waals surface area contributed by atoms with Gasteiger partial charge in [0, 0.05) is 37.4 Å². The molecule has 0 unspecified atom stereocenters. The van der Waals surface area contributed by atoms with Crippen LogP contribution < -0.4 is 0 Å². The van der Waals surface area contributed by atoms with Crippen LogP contribution in [0, 0.1) is 6.92 Å². The second kappa shape index (κ2) is 7.01. The molecule has 2 N–H and O–H groups in total. The summed E-state index contributed by atoms with van der Waals surface area (Å²) in [7, 11) is 0. The topological polar surface area (TPSA) is 72.5 Å². The predicted octanol–water partition coefficient (Wildman–Crippen LogP) is 1.80. The van der Waals surface area contributed by atoms with Crippen molar-refractivity contribution < 1.29 is 9.90 Å². The summed E-state index contributed by atoms with van der Waals surface area (Å²) in [6.45, 7) is 12.0. The number of H-pyrrole nitrogens is 1. The van der Waals surface area contributed by atoms with Gasteiger partial charge >= 0.3 is 0 Å². The summed E-state index contributed by atoms with van der Waals surface area (Å²) in [4.78, 5) is 17.2. The lowest BCUT2D eigenvalue weighted by atomic mass is 9.98. The highest BCUT2D eigenvalue weighted by atomic mass is 16.3. The molecule has 1 amide bonds. The molecular formula is C17H30N4O2. The smallest absolute Gasteiger partial charge is 0.257 e. The first-order valence-electron chi connectivity index (χ1n) is 8.54. The molecule has 6 heteroatoms. The number of β-amino-alcohol motifs (C(OH)–C–C–N with tert-alkyl or cyclic N) is 1. The fourth-order valence-electron chi connectivity index (χ4n) is 3.41. The van der Waals surface area contributed by atoms with Crippen LogP contribution in [0.1, 0.15) is 56.6 Å². The minimum absolute atomic E-state index is 0.0597. The molecule has 0 aromatic carbocycles. The number of aromatic amines is 1. The van der Waals surface area contributed by atoms with Crippen molar-refractivity contribution >= 4 is 5.91 Å². The molecule has 0 bridgehead atoms. The maximum absolute atomic E-state index is 12.9. The molecule has 1 aromatic rings. The van der Waals surface area contributed by atoms with Crippen molar-refractivity contribution in [3.63, 3.8) is 0 Å². The van der Waals surface area contributed by atoms with Gasteiger partial charge < -0.3 is 10.0 Å². The average molecular weight is 322 g/mol. The van der Waals surface area contributed by atoms with Crippen LogP contribution in [0.3, 0.4) is 0 Å². The quantitative estimate of drug-likeness (QED) is 0.867. The van der Waals surface area contributed by atoms with Gasteiger partial charge in [0.25, 0.3) is 5.91 Å². The van der Waals surface area contributed by atoms with E-state index in [9.17, 15) is 9.90 Å². The molecule has 1 aliphatic heterocycles. The van der Waals surface area contributed by atoms with Crippen LogP contribution >= 0.6 is 0 Å². The number of piperazine rings is 1. The first-order valence-corrected chi connectivity index (χ1v) is 8.54. The third-order valence-corrected chi connectivity index (χ3v) is 4.66. The van der Waals surface area contributed by atoms with E-state index in [1.165, 1.54) is 0 Å². The van der Waals surface area contributed by atoms with E-state index in [1.54, 1.807) is 6.20 Å². The summed E-state index contributed by atoms with van der Waals surface area (Å²) >= 11 is 0. The Labute approximate surface area is 138 Å². The fourth-order valence-corrected chi connectivity index (χ4v) is 3.41. The molecular weight excluding hydrogens is 292 g/mol. The number of carbonyl (C=O) groups excluding carboxylic acids is 1. The molecule has 2 atom stereocenters. The number of nitrogens with one attached hydrogen (secondary N) is 1. The summed E-state index contributed by atoms with van der Waals surface area (Å²) in [5, 5.41) is 17.0. The first-order chi connectivity index (χ1) is 10.8. The van der Waals surface area contributed by atoms with E-state index in [0.29, 0.717) is 18.7 Å². The van der Waals surface area contributed by atoms with Crippen LogP contribution in [0.5, 0.6) is 0 Å². The Balaban J connectivity index is 2.19. The summed E-state index contributed by atoms with van der Waals surface area (Å²) < 4.78 is 0. The van der Waals surface area contributed by atoms with Gasteiger partial charge in [-0.3, -0.25) is 14.8 Å². The van der Waals surface area contributed by atoms with Crippen molar-refractivity contribution in [3.05, 3.63) is 17.5 Å². The third-order valence-electron chi connectivity index (χ3n) is 4.66. The molecule has 0 saturated carbocycles. The van der Waals surface area contributed by atoms with Crippen molar-refractivity contribution in [3.8, 4) is 0 Å². The van der Waals surface area contributed by atoms with Gasteiger partial charge in [-0.05, 0) is 33.6 Å². The molecule has 2 rings (SSSR count). The van der Waals surface area contributed by atoms with E-state index >= 15 is 0 Å². The molecule has 2 heterocycles. The zero-order valence-corrected chi connectivity index (χ0v) is 15.0. The maximum atomic E-state index is 12.9. The number of aromatic nitrogens is 2. The number of aryl methyl sites for hydroxylation is 1. The van der Waals surface area contributed by atoms with Gasteiger partial charge in [-0.1, -0.05) is 13.8 Å². The zero-order chi connectivity index (χ0) is 17.2. The standard InChI is InChI=1S/C17H30N4O2/c1-6-13-10-21(16(22)15-8-18-19-12(15)3)14(7-2)9-20(13)11-17(4,5)23/h8,13-14,23H,6-7,9-11H2,1-5H3,(H,18,19)/t13-,14+/m0/s1. The van der Waals surface area contributed by atoms with Crippen molar-refractivity contribution in [1.29, 1.82) is 0 Å². The number of hydrogen-bond acceptors (Lipinski definition) is 4. The van der Waals surface area contributed by atoms with Crippen molar-refractivity contribution in [1.82, 2.24) is 20.0 Å². The van der Waals surface area contributed by atoms with Gasteiger partial charge in [-0.25, -0.2) is 0 Å². The van der Waals surface area contributed by atoms with Crippen LogP contribution in [0.4, 0.5) is 0 Å². The maximum Gasteiger partial charge on any atom is 0.257 e. The second-order valence-corrected chi connectivity index (χ2v) is 7.23. The third kappa shape index (κ3) is 4.12. The molecule has 1 aliphatic rings. The molecule has 6 nitrogen and oxygen atoms in total. The summed E-state index contributed by atoms with van der Waals surface area (Å²) in [5.41, 5.74) is 0.755. The molecule has 0 radical (unpaired) electrons. The minimum atomic E-state index is -0.723. The van der Waals surface area contributed by atoms with E-state index in [4.69, 9.17) is 0 Å². The molecule has 1 saturated heterocycles. The van der Waals surface area contributed by atoms with Crippen LogP contribution in [-0.4, -0.2) is 68.3 Å². The van der Waals surface area contributed by atoms with E-state index in [-0.39, 0.29) is 18.0 Å². The molecule has 1 aromatic heterocycles. The Morgan fingerprint density at radius 1 is 1.35 bits per heavy atom. The number of rotatable bonds is 5.